The Morgan fingerprint density at radius 3 is 2.32 bits per heavy atom. The summed E-state index contributed by atoms with van der Waals surface area (Å²) in [5.74, 6) is 0.581. The van der Waals surface area contributed by atoms with E-state index in [2.05, 4.69) is 49.9 Å². The summed E-state index contributed by atoms with van der Waals surface area (Å²) in [6, 6.07) is 8.85. The number of rotatable bonds is 4. The monoisotopic (exact) mass is 262 g/mol. The Bertz CT molecular complexity index is 392. The number of morpholine rings is 1. The maximum atomic E-state index is 6.49. The van der Waals surface area contributed by atoms with Crippen LogP contribution < -0.4 is 5.73 Å². The van der Waals surface area contributed by atoms with Crippen molar-refractivity contribution in [1.29, 1.82) is 0 Å². The molecule has 0 bridgehead atoms. The molecule has 1 aliphatic rings. The fourth-order valence-electron chi connectivity index (χ4n) is 2.62. The van der Waals surface area contributed by atoms with Crippen molar-refractivity contribution in [2.45, 2.75) is 38.8 Å². The van der Waals surface area contributed by atoms with E-state index in [1.807, 2.05) is 0 Å². The quantitative estimate of drug-likeness (QED) is 0.905. The molecule has 1 heterocycles. The largest absolute Gasteiger partial charge is 0.379 e. The zero-order valence-electron chi connectivity index (χ0n) is 12.4. The number of nitrogens with zero attached hydrogens (tertiary/aromatic N) is 1. The summed E-state index contributed by atoms with van der Waals surface area (Å²) in [6.45, 7) is 9.99. The first-order valence-corrected chi connectivity index (χ1v) is 7.19. The van der Waals surface area contributed by atoms with E-state index in [-0.39, 0.29) is 5.66 Å². The predicted octanol–water partition coefficient (Wildman–Crippen LogP) is 2.36. The number of ether oxygens (including phenoxy) is 1. The highest BCUT2D eigenvalue weighted by molar-refractivity contribution is 5.25. The van der Waals surface area contributed by atoms with Crippen molar-refractivity contribution in [1.82, 2.24) is 4.90 Å². The molecule has 3 heteroatoms. The molecule has 0 aromatic heterocycles. The van der Waals surface area contributed by atoms with E-state index >= 15 is 0 Å². The molecular weight excluding hydrogens is 236 g/mol. The van der Waals surface area contributed by atoms with Crippen molar-refractivity contribution in [3.63, 3.8) is 0 Å². The lowest BCUT2D eigenvalue weighted by Crippen LogP contribution is -2.58. The first-order chi connectivity index (χ1) is 8.99. The van der Waals surface area contributed by atoms with Gasteiger partial charge in [0.1, 0.15) is 0 Å². The molecule has 0 aliphatic carbocycles. The lowest BCUT2D eigenvalue weighted by atomic mass is 9.96. The van der Waals surface area contributed by atoms with Crippen molar-refractivity contribution < 1.29 is 4.74 Å². The minimum atomic E-state index is -0.289. The highest BCUT2D eigenvalue weighted by Crippen LogP contribution is 2.20. The van der Waals surface area contributed by atoms with Gasteiger partial charge in [-0.25, -0.2) is 0 Å². The first kappa shape index (κ1) is 14.5. The Hall–Kier alpha value is -0.900. The topological polar surface area (TPSA) is 38.5 Å². The first-order valence-electron chi connectivity index (χ1n) is 7.19. The third-order valence-corrected chi connectivity index (χ3v) is 3.94. The van der Waals surface area contributed by atoms with Crippen LogP contribution in [0.5, 0.6) is 0 Å². The molecule has 0 radical (unpaired) electrons. The summed E-state index contributed by atoms with van der Waals surface area (Å²) in [6.07, 6.45) is 0.880. The van der Waals surface area contributed by atoms with Crippen LogP contribution >= 0.6 is 0 Å². The number of nitrogens with two attached hydrogens (primary N) is 1. The van der Waals surface area contributed by atoms with E-state index in [1.165, 1.54) is 11.1 Å². The Kier molecular flexibility index (Phi) is 4.61. The van der Waals surface area contributed by atoms with Gasteiger partial charge in [0, 0.05) is 19.5 Å². The van der Waals surface area contributed by atoms with Crippen LogP contribution in [0.1, 0.15) is 37.8 Å². The third-order valence-electron chi connectivity index (χ3n) is 3.94. The van der Waals surface area contributed by atoms with E-state index in [9.17, 15) is 0 Å². The second-order valence-electron chi connectivity index (χ2n) is 6.03. The SMILES string of the molecule is CC(C)c1ccc(CC(C)(N)N2CCOCC2)cc1. The minimum Gasteiger partial charge on any atom is -0.379 e. The van der Waals surface area contributed by atoms with Crippen molar-refractivity contribution in [2.75, 3.05) is 26.3 Å². The van der Waals surface area contributed by atoms with Gasteiger partial charge >= 0.3 is 0 Å². The molecule has 1 saturated heterocycles. The molecule has 2 N–H and O–H groups in total. The molecule has 0 saturated carbocycles. The van der Waals surface area contributed by atoms with Gasteiger partial charge < -0.3 is 10.5 Å². The van der Waals surface area contributed by atoms with Crippen LogP contribution in [0.15, 0.2) is 24.3 Å². The molecule has 1 atom stereocenters. The summed E-state index contributed by atoms with van der Waals surface area (Å²) < 4.78 is 5.39. The van der Waals surface area contributed by atoms with E-state index in [0.29, 0.717) is 5.92 Å². The smallest absolute Gasteiger partial charge is 0.0701 e. The minimum absolute atomic E-state index is 0.289. The van der Waals surface area contributed by atoms with Gasteiger partial charge in [-0.2, -0.15) is 0 Å². The van der Waals surface area contributed by atoms with Crippen molar-refractivity contribution >= 4 is 0 Å². The van der Waals surface area contributed by atoms with Gasteiger partial charge in [0.05, 0.1) is 18.9 Å². The second kappa shape index (κ2) is 6.04. The van der Waals surface area contributed by atoms with Gasteiger partial charge in [-0.1, -0.05) is 38.1 Å². The Balaban J connectivity index is 2.02. The Morgan fingerprint density at radius 2 is 1.79 bits per heavy atom. The van der Waals surface area contributed by atoms with Crippen LogP contribution in [-0.2, 0) is 11.2 Å². The molecule has 2 rings (SSSR count). The highest BCUT2D eigenvalue weighted by Gasteiger charge is 2.28. The van der Waals surface area contributed by atoms with Crippen LogP contribution in [-0.4, -0.2) is 36.9 Å². The van der Waals surface area contributed by atoms with Gasteiger partial charge in [0.25, 0.3) is 0 Å². The lowest BCUT2D eigenvalue weighted by molar-refractivity contribution is -0.0142. The van der Waals surface area contributed by atoms with E-state index in [1.54, 1.807) is 0 Å². The number of hydrogen-bond acceptors (Lipinski definition) is 3. The molecule has 3 nitrogen and oxygen atoms in total. The molecule has 19 heavy (non-hydrogen) atoms. The summed E-state index contributed by atoms with van der Waals surface area (Å²) in [7, 11) is 0. The zero-order chi connectivity index (χ0) is 13.9. The second-order valence-corrected chi connectivity index (χ2v) is 6.03. The molecular formula is C16H26N2O. The van der Waals surface area contributed by atoms with Crippen LogP contribution in [0.4, 0.5) is 0 Å². The summed E-state index contributed by atoms with van der Waals surface area (Å²) >= 11 is 0. The van der Waals surface area contributed by atoms with E-state index in [0.717, 1.165) is 32.7 Å². The zero-order valence-corrected chi connectivity index (χ0v) is 12.4. The molecule has 0 spiro atoms. The summed E-state index contributed by atoms with van der Waals surface area (Å²) in [4.78, 5) is 2.33. The van der Waals surface area contributed by atoms with Crippen LogP contribution in [0.25, 0.3) is 0 Å². The number of benzene rings is 1. The van der Waals surface area contributed by atoms with Crippen molar-refractivity contribution in [3.8, 4) is 0 Å². The van der Waals surface area contributed by atoms with Crippen LogP contribution in [0.2, 0.25) is 0 Å². The summed E-state index contributed by atoms with van der Waals surface area (Å²) in [5.41, 5.74) is 8.89. The maximum absolute atomic E-state index is 6.49. The fourth-order valence-corrected chi connectivity index (χ4v) is 2.62. The van der Waals surface area contributed by atoms with Crippen LogP contribution in [0, 0.1) is 0 Å². The molecule has 0 amide bonds. The average molecular weight is 262 g/mol. The average Bonchev–Trinajstić information content (AvgIpc) is 2.40. The molecule has 1 fully saturated rings. The fraction of sp³-hybridized carbons (Fsp3) is 0.625. The Morgan fingerprint density at radius 1 is 1.21 bits per heavy atom. The van der Waals surface area contributed by atoms with E-state index in [4.69, 9.17) is 10.5 Å². The van der Waals surface area contributed by atoms with Crippen molar-refractivity contribution in [2.24, 2.45) is 5.73 Å². The van der Waals surface area contributed by atoms with Crippen LogP contribution in [0.3, 0.4) is 0 Å². The van der Waals surface area contributed by atoms with Gasteiger partial charge in [-0.3, -0.25) is 4.90 Å². The molecule has 1 aromatic rings. The van der Waals surface area contributed by atoms with Crippen molar-refractivity contribution in [3.05, 3.63) is 35.4 Å². The van der Waals surface area contributed by atoms with Gasteiger partial charge in [0.2, 0.25) is 0 Å². The predicted molar refractivity (Wildman–Crippen MR) is 79.2 cm³/mol. The van der Waals surface area contributed by atoms with Gasteiger partial charge in [-0.05, 0) is 24.0 Å². The highest BCUT2D eigenvalue weighted by atomic mass is 16.5. The van der Waals surface area contributed by atoms with Gasteiger partial charge in [-0.15, -0.1) is 0 Å². The summed E-state index contributed by atoms with van der Waals surface area (Å²) in [5, 5.41) is 0. The number of hydrogen-bond donors (Lipinski definition) is 1. The molecule has 1 aliphatic heterocycles. The van der Waals surface area contributed by atoms with Gasteiger partial charge in [0.15, 0.2) is 0 Å². The van der Waals surface area contributed by atoms with E-state index < -0.39 is 0 Å². The Labute approximate surface area is 116 Å². The standard InChI is InChI=1S/C16H26N2O/c1-13(2)15-6-4-14(5-7-15)12-16(3,17)18-8-10-19-11-9-18/h4-7,13H,8-12,17H2,1-3H3. The molecule has 106 valence electrons. The maximum Gasteiger partial charge on any atom is 0.0701 e. The molecule has 1 unspecified atom stereocenters. The third kappa shape index (κ3) is 3.78. The molecule has 1 aromatic carbocycles. The lowest BCUT2D eigenvalue weighted by Gasteiger charge is -2.40. The normalized spacial score (nSPS) is 20.5.